The number of amides is 2. The monoisotopic (exact) mass is 389 g/mol. The highest BCUT2D eigenvalue weighted by molar-refractivity contribution is 6.03. The second-order valence-electron chi connectivity index (χ2n) is 6.60. The topological polar surface area (TPSA) is 96.0 Å². The first-order valence-electron chi connectivity index (χ1n) is 9.32. The highest BCUT2D eigenvalue weighted by atomic mass is 16.2. The zero-order valence-electron chi connectivity index (χ0n) is 16.4. The lowest BCUT2D eigenvalue weighted by atomic mass is 10.1. The van der Waals surface area contributed by atoms with Crippen molar-refractivity contribution in [2.75, 3.05) is 22.5 Å². The molecule has 0 aliphatic rings. The molecule has 0 aliphatic carbocycles. The number of hydrogen-bond donors (Lipinski definition) is 3. The van der Waals surface area contributed by atoms with Crippen LogP contribution in [0.1, 0.15) is 28.7 Å². The standard InChI is InChI=1S/C22H23N5O2/c1-15-13-20(21(29)26-19-10-6-9-18(14-19)25-16(2)28)27-22(24-15)23-12-11-17-7-4-3-5-8-17/h3-10,13-14H,11-12H2,1-2H3,(H,25,28)(H,26,29)(H,23,24,27). The van der Waals surface area contributed by atoms with E-state index in [0.717, 1.165) is 6.42 Å². The molecule has 3 N–H and O–H groups in total. The molecule has 0 atom stereocenters. The van der Waals surface area contributed by atoms with Gasteiger partial charge in [-0.3, -0.25) is 9.59 Å². The molecule has 2 amide bonds. The molecule has 0 spiro atoms. The molecule has 0 fully saturated rings. The fourth-order valence-electron chi connectivity index (χ4n) is 2.80. The Morgan fingerprint density at radius 1 is 0.897 bits per heavy atom. The Morgan fingerprint density at radius 3 is 2.34 bits per heavy atom. The summed E-state index contributed by atoms with van der Waals surface area (Å²) in [5.41, 5.74) is 3.35. The number of aromatic nitrogens is 2. The Hall–Kier alpha value is -3.74. The number of carbonyl (C=O) groups excluding carboxylic acids is 2. The minimum Gasteiger partial charge on any atom is -0.354 e. The van der Waals surface area contributed by atoms with E-state index in [0.29, 0.717) is 29.6 Å². The van der Waals surface area contributed by atoms with Crippen LogP contribution in [0.15, 0.2) is 60.7 Å². The lowest BCUT2D eigenvalue weighted by Gasteiger charge is -2.10. The number of hydrogen-bond acceptors (Lipinski definition) is 5. The molecule has 148 valence electrons. The lowest BCUT2D eigenvalue weighted by molar-refractivity contribution is -0.114. The number of carbonyl (C=O) groups is 2. The van der Waals surface area contributed by atoms with Crippen LogP contribution in [0, 0.1) is 6.92 Å². The summed E-state index contributed by atoms with van der Waals surface area (Å²) in [6.07, 6.45) is 0.829. The van der Waals surface area contributed by atoms with Gasteiger partial charge in [0.1, 0.15) is 5.69 Å². The summed E-state index contributed by atoms with van der Waals surface area (Å²) in [6.45, 7) is 3.91. The smallest absolute Gasteiger partial charge is 0.274 e. The van der Waals surface area contributed by atoms with Crippen LogP contribution >= 0.6 is 0 Å². The van der Waals surface area contributed by atoms with Gasteiger partial charge in [-0.25, -0.2) is 9.97 Å². The van der Waals surface area contributed by atoms with Gasteiger partial charge in [0.25, 0.3) is 5.91 Å². The SMILES string of the molecule is CC(=O)Nc1cccc(NC(=O)c2cc(C)nc(NCCc3ccccc3)n2)c1. The van der Waals surface area contributed by atoms with Crippen molar-refractivity contribution in [3.63, 3.8) is 0 Å². The Balaban J connectivity index is 1.65. The molecule has 7 heteroatoms. The summed E-state index contributed by atoms with van der Waals surface area (Å²) >= 11 is 0. The van der Waals surface area contributed by atoms with E-state index in [1.54, 1.807) is 30.3 Å². The maximum Gasteiger partial charge on any atom is 0.274 e. The number of nitrogens with one attached hydrogen (secondary N) is 3. The fourth-order valence-corrected chi connectivity index (χ4v) is 2.80. The third-order valence-corrected chi connectivity index (χ3v) is 4.07. The average molecular weight is 389 g/mol. The molecule has 29 heavy (non-hydrogen) atoms. The molecule has 1 aromatic heterocycles. The Labute approximate surface area is 169 Å². The molecule has 0 saturated heterocycles. The maximum absolute atomic E-state index is 12.6. The number of nitrogens with zero attached hydrogens (tertiary/aromatic N) is 2. The molecule has 0 saturated carbocycles. The molecular weight excluding hydrogens is 366 g/mol. The van der Waals surface area contributed by atoms with E-state index < -0.39 is 0 Å². The Morgan fingerprint density at radius 2 is 1.62 bits per heavy atom. The van der Waals surface area contributed by atoms with Gasteiger partial charge >= 0.3 is 0 Å². The summed E-state index contributed by atoms with van der Waals surface area (Å²) < 4.78 is 0. The van der Waals surface area contributed by atoms with Gasteiger partial charge in [-0.15, -0.1) is 0 Å². The van der Waals surface area contributed by atoms with Crippen molar-refractivity contribution in [2.45, 2.75) is 20.3 Å². The zero-order valence-corrected chi connectivity index (χ0v) is 16.4. The lowest BCUT2D eigenvalue weighted by Crippen LogP contribution is -2.17. The van der Waals surface area contributed by atoms with Crippen molar-refractivity contribution >= 4 is 29.1 Å². The maximum atomic E-state index is 12.6. The van der Waals surface area contributed by atoms with E-state index in [1.807, 2.05) is 25.1 Å². The van der Waals surface area contributed by atoms with E-state index in [1.165, 1.54) is 12.5 Å². The van der Waals surface area contributed by atoms with Crippen LogP contribution < -0.4 is 16.0 Å². The van der Waals surface area contributed by atoms with E-state index in [9.17, 15) is 9.59 Å². The van der Waals surface area contributed by atoms with Crippen LogP contribution in [-0.2, 0) is 11.2 Å². The van der Waals surface area contributed by atoms with Crippen molar-refractivity contribution < 1.29 is 9.59 Å². The second kappa shape index (κ2) is 9.45. The van der Waals surface area contributed by atoms with E-state index in [4.69, 9.17) is 0 Å². The van der Waals surface area contributed by atoms with Gasteiger partial charge < -0.3 is 16.0 Å². The highest BCUT2D eigenvalue weighted by Gasteiger charge is 2.11. The van der Waals surface area contributed by atoms with Gasteiger partial charge in [0.05, 0.1) is 0 Å². The van der Waals surface area contributed by atoms with Crippen molar-refractivity contribution in [1.29, 1.82) is 0 Å². The van der Waals surface area contributed by atoms with Gasteiger partial charge in [-0.2, -0.15) is 0 Å². The summed E-state index contributed by atoms with van der Waals surface area (Å²) in [5.74, 6) is -0.106. The van der Waals surface area contributed by atoms with Crippen LogP contribution in [0.4, 0.5) is 17.3 Å². The van der Waals surface area contributed by atoms with Crippen LogP contribution in [-0.4, -0.2) is 28.3 Å². The number of benzene rings is 2. The van der Waals surface area contributed by atoms with E-state index >= 15 is 0 Å². The summed E-state index contributed by atoms with van der Waals surface area (Å²) in [7, 11) is 0. The molecule has 0 bridgehead atoms. The molecular formula is C22H23N5O2. The first-order chi connectivity index (χ1) is 14.0. The average Bonchev–Trinajstić information content (AvgIpc) is 2.68. The molecule has 2 aromatic carbocycles. The van der Waals surface area contributed by atoms with Crippen molar-refractivity contribution in [3.05, 3.63) is 77.6 Å². The van der Waals surface area contributed by atoms with Gasteiger partial charge in [-0.05, 0) is 43.2 Å². The zero-order chi connectivity index (χ0) is 20.6. The molecule has 3 rings (SSSR count). The molecule has 0 radical (unpaired) electrons. The fraction of sp³-hybridized carbons (Fsp3) is 0.182. The third-order valence-electron chi connectivity index (χ3n) is 4.07. The van der Waals surface area contributed by atoms with Crippen molar-refractivity contribution in [3.8, 4) is 0 Å². The summed E-state index contributed by atoms with van der Waals surface area (Å²) in [4.78, 5) is 32.5. The van der Waals surface area contributed by atoms with Gasteiger partial charge in [0.15, 0.2) is 0 Å². The van der Waals surface area contributed by atoms with Crippen LogP contribution in [0.5, 0.6) is 0 Å². The van der Waals surface area contributed by atoms with Gasteiger partial charge in [0.2, 0.25) is 11.9 Å². The van der Waals surface area contributed by atoms with E-state index in [-0.39, 0.29) is 17.5 Å². The quantitative estimate of drug-likeness (QED) is 0.573. The Kier molecular flexibility index (Phi) is 6.52. The highest BCUT2D eigenvalue weighted by Crippen LogP contribution is 2.16. The van der Waals surface area contributed by atoms with E-state index in [2.05, 4.69) is 38.1 Å². The van der Waals surface area contributed by atoms with Crippen molar-refractivity contribution in [2.24, 2.45) is 0 Å². The Bertz CT molecular complexity index is 1010. The number of aryl methyl sites for hydroxylation is 1. The minimum absolute atomic E-state index is 0.175. The minimum atomic E-state index is -0.346. The first-order valence-corrected chi connectivity index (χ1v) is 9.32. The molecule has 0 unspecified atom stereocenters. The van der Waals surface area contributed by atoms with Crippen molar-refractivity contribution in [1.82, 2.24) is 9.97 Å². The number of rotatable bonds is 7. The predicted octanol–water partition coefficient (Wildman–Crippen LogP) is 3.65. The van der Waals surface area contributed by atoms with Crippen LogP contribution in [0.2, 0.25) is 0 Å². The van der Waals surface area contributed by atoms with Crippen LogP contribution in [0.3, 0.4) is 0 Å². The second-order valence-corrected chi connectivity index (χ2v) is 6.60. The molecule has 1 heterocycles. The van der Waals surface area contributed by atoms with Gasteiger partial charge in [0, 0.05) is 30.5 Å². The predicted molar refractivity (Wildman–Crippen MR) is 114 cm³/mol. The van der Waals surface area contributed by atoms with Gasteiger partial charge in [-0.1, -0.05) is 36.4 Å². The first kappa shape index (κ1) is 20.0. The summed E-state index contributed by atoms with van der Waals surface area (Å²) in [6, 6.07) is 18.7. The molecule has 3 aromatic rings. The van der Waals surface area contributed by atoms with Crippen LogP contribution in [0.25, 0.3) is 0 Å². The summed E-state index contributed by atoms with van der Waals surface area (Å²) in [5, 5.41) is 8.66. The third kappa shape index (κ3) is 6.14. The molecule has 0 aliphatic heterocycles. The molecule has 7 nitrogen and oxygen atoms in total. The normalized spacial score (nSPS) is 10.3. The number of anilines is 3. The largest absolute Gasteiger partial charge is 0.354 e.